The highest BCUT2D eigenvalue weighted by Crippen LogP contribution is 2.46. The van der Waals surface area contributed by atoms with Gasteiger partial charge in [-0.05, 0) is 43.6 Å². The highest BCUT2D eigenvalue weighted by molar-refractivity contribution is 5.18. The Balaban J connectivity index is 1.67. The normalized spacial score (nSPS) is 28.6. The number of benzene rings is 1. The molecule has 104 valence electrons. The van der Waals surface area contributed by atoms with Crippen molar-refractivity contribution >= 4 is 0 Å². The summed E-state index contributed by atoms with van der Waals surface area (Å²) in [7, 11) is 0. The Labute approximate surface area is 114 Å². The number of hydrogen-bond donors (Lipinski definition) is 2. The molecule has 3 unspecified atom stereocenters. The van der Waals surface area contributed by atoms with Crippen LogP contribution >= 0.6 is 0 Å². The van der Waals surface area contributed by atoms with Gasteiger partial charge in [-0.15, -0.1) is 0 Å². The fraction of sp³-hybridized carbons (Fsp3) is 0.625. The van der Waals surface area contributed by atoms with Crippen LogP contribution in [0.25, 0.3) is 0 Å². The smallest absolute Gasteiger partial charge is 0.105 e. The van der Waals surface area contributed by atoms with Gasteiger partial charge in [-0.2, -0.15) is 0 Å². The van der Waals surface area contributed by atoms with Crippen LogP contribution in [0.3, 0.4) is 0 Å². The first-order chi connectivity index (χ1) is 9.20. The van der Waals surface area contributed by atoms with E-state index in [2.05, 4.69) is 0 Å². The summed E-state index contributed by atoms with van der Waals surface area (Å²) >= 11 is 0. The summed E-state index contributed by atoms with van der Waals surface area (Å²) in [6.45, 7) is 0.712. The summed E-state index contributed by atoms with van der Waals surface area (Å²) in [5.74, 6) is 0.143. The maximum Gasteiger partial charge on any atom is 0.105 e. The zero-order valence-electron chi connectivity index (χ0n) is 11.2. The molecular formula is C16H22O3. The van der Waals surface area contributed by atoms with Crippen LogP contribution in [-0.4, -0.2) is 28.5 Å². The summed E-state index contributed by atoms with van der Waals surface area (Å²) in [4.78, 5) is 0. The van der Waals surface area contributed by atoms with Crippen LogP contribution in [0.2, 0.25) is 0 Å². The molecule has 19 heavy (non-hydrogen) atoms. The number of hydrogen-bond acceptors (Lipinski definition) is 3. The van der Waals surface area contributed by atoms with Gasteiger partial charge >= 0.3 is 0 Å². The van der Waals surface area contributed by atoms with E-state index < -0.39 is 12.2 Å². The lowest BCUT2D eigenvalue weighted by atomic mass is 9.70. The summed E-state index contributed by atoms with van der Waals surface area (Å²) in [5, 5.41) is 20.8. The van der Waals surface area contributed by atoms with Crippen molar-refractivity contribution in [1.29, 1.82) is 0 Å². The van der Waals surface area contributed by atoms with E-state index in [1.165, 1.54) is 6.42 Å². The fourth-order valence-electron chi connectivity index (χ4n) is 3.38. The Morgan fingerprint density at radius 1 is 1.16 bits per heavy atom. The van der Waals surface area contributed by atoms with Crippen molar-refractivity contribution in [3.05, 3.63) is 35.9 Å². The number of aliphatic hydroxyl groups excluding tert-OH is 2. The van der Waals surface area contributed by atoms with Crippen LogP contribution in [-0.2, 0) is 4.74 Å². The van der Waals surface area contributed by atoms with Gasteiger partial charge < -0.3 is 14.9 Å². The van der Waals surface area contributed by atoms with E-state index in [1.54, 1.807) is 0 Å². The maximum absolute atomic E-state index is 10.4. The number of ether oxygens (including phenoxy) is 1. The van der Waals surface area contributed by atoms with Crippen LogP contribution in [0.15, 0.2) is 30.3 Å². The molecule has 1 spiro atoms. The van der Waals surface area contributed by atoms with E-state index in [9.17, 15) is 10.2 Å². The fourth-order valence-corrected chi connectivity index (χ4v) is 3.38. The summed E-state index contributed by atoms with van der Waals surface area (Å²) < 4.78 is 5.87. The van der Waals surface area contributed by atoms with Crippen LogP contribution in [0, 0.1) is 5.92 Å². The first-order valence-electron chi connectivity index (χ1n) is 7.25. The van der Waals surface area contributed by atoms with Crippen LogP contribution in [0.4, 0.5) is 0 Å². The Bertz CT molecular complexity index is 413. The molecule has 0 radical (unpaired) electrons. The molecule has 1 saturated carbocycles. The molecule has 1 aromatic rings. The molecule has 1 aromatic carbocycles. The van der Waals surface area contributed by atoms with Gasteiger partial charge in [0.05, 0.1) is 11.7 Å². The summed E-state index contributed by atoms with van der Waals surface area (Å²) in [6, 6.07) is 9.43. The predicted octanol–water partition coefficient (Wildman–Crippen LogP) is 2.43. The molecule has 2 aliphatic rings. The van der Waals surface area contributed by atoms with Crippen LogP contribution in [0.1, 0.15) is 43.8 Å². The highest BCUT2D eigenvalue weighted by atomic mass is 16.5. The average molecular weight is 262 g/mol. The Morgan fingerprint density at radius 3 is 2.53 bits per heavy atom. The minimum absolute atomic E-state index is 0.0142. The molecule has 1 heterocycles. The minimum Gasteiger partial charge on any atom is -0.390 e. The molecule has 0 amide bonds. The maximum atomic E-state index is 10.4. The lowest BCUT2D eigenvalue weighted by Gasteiger charge is -2.48. The second-order valence-corrected chi connectivity index (χ2v) is 5.98. The molecular weight excluding hydrogens is 240 g/mol. The molecule has 0 bridgehead atoms. The van der Waals surface area contributed by atoms with Crippen molar-refractivity contribution in [1.82, 2.24) is 0 Å². The van der Waals surface area contributed by atoms with Crippen molar-refractivity contribution < 1.29 is 14.9 Å². The molecule has 0 aromatic heterocycles. The zero-order chi connectivity index (χ0) is 13.3. The topological polar surface area (TPSA) is 49.7 Å². The van der Waals surface area contributed by atoms with Gasteiger partial charge in [-0.1, -0.05) is 30.3 Å². The monoisotopic (exact) mass is 262 g/mol. The molecule has 3 heteroatoms. The second kappa shape index (κ2) is 5.23. The molecule has 3 rings (SSSR count). The van der Waals surface area contributed by atoms with E-state index in [-0.39, 0.29) is 11.5 Å². The molecule has 2 fully saturated rings. The minimum atomic E-state index is -0.790. The third kappa shape index (κ3) is 2.55. The molecule has 2 N–H and O–H groups in total. The SMILES string of the molecule is OC(c1ccccc1)C(O)C1CCOC2(CCC2)C1. The molecule has 3 atom stereocenters. The quantitative estimate of drug-likeness (QED) is 0.879. The number of aliphatic hydroxyl groups is 2. The van der Waals surface area contributed by atoms with Crippen molar-refractivity contribution in [3.8, 4) is 0 Å². The van der Waals surface area contributed by atoms with Crippen LogP contribution in [0.5, 0.6) is 0 Å². The lowest BCUT2D eigenvalue weighted by Crippen LogP contribution is -2.48. The number of rotatable bonds is 3. The lowest BCUT2D eigenvalue weighted by molar-refractivity contribution is -0.166. The average Bonchev–Trinajstić information content (AvgIpc) is 2.45. The second-order valence-electron chi connectivity index (χ2n) is 5.98. The van der Waals surface area contributed by atoms with Gasteiger partial charge in [0.1, 0.15) is 6.10 Å². The zero-order valence-corrected chi connectivity index (χ0v) is 11.2. The molecule has 3 nitrogen and oxygen atoms in total. The van der Waals surface area contributed by atoms with E-state index in [4.69, 9.17) is 4.74 Å². The van der Waals surface area contributed by atoms with Crippen molar-refractivity contribution in [2.45, 2.75) is 49.9 Å². The predicted molar refractivity (Wildman–Crippen MR) is 72.7 cm³/mol. The molecule has 1 saturated heterocycles. The van der Waals surface area contributed by atoms with Gasteiger partial charge in [0, 0.05) is 6.61 Å². The van der Waals surface area contributed by atoms with E-state index >= 15 is 0 Å². The highest BCUT2D eigenvalue weighted by Gasteiger charge is 2.45. The first kappa shape index (κ1) is 13.1. The van der Waals surface area contributed by atoms with Gasteiger partial charge in [-0.3, -0.25) is 0 Å². The van der Waals surface area contributed by atoms with E-state index in [1.807, 2.05) is 30.3 Å². The first-order valence-corrected chi connectivity index (χ1v) is 7.25. The molecule has 1 aliphatic carbocycles. The van der Waals surface area contributed by atoms with Gasteiger partial charge in [-0.25, -0.2) is 0 Å². The van der Waals surface area contributed by atoms with Crippen molar-refractivity contribution in [3.63, 3.8) is 0 Å². The van der Waals surface area contributed by atoms with Crippen molar-refractivity contribution in [2.24, 2.45) is 5.92 Å². The summed E-state index contributed by atoms with van der Waals surface area (Å²) in [5.41, 5.74) is 0.810. The molecule has 1 aliphatic heterocycles. The Morgan fingerprint density at radius 2 is 1.89 bits per heavy atom. The van der Waals surface area contributed by atoms with Gasteiger partial charge in [0.25, 0.3) is 0 Å². The Kier molecular flexibility index (Phi) is 3.61. The third-order valence-corrected chi connectivity index (χ3v) is 4.74. The van der Waals surface area contributed by atoms with E-state index in [0.29, 0.717) is 6.61 Å². The summed E-state index contributed by atoms with van der Waals surface area (Å²) in [6.07, 6.45) is 3.69. The Hall–Kier alpha value is -0.900. The largest absolute Gasteiger partial charge is 0.390 e. The van der Waals surface area contributed by atoms with E-state index in [0.717, 1.165) is 31.2 Å². The van der Waals surface area contributed by atoms with Gasteiger partial charge in [0.2, 0.25) is 0 Å². The van der Waals surface area contributed by atoms with Crippen molar-refractivity contribution in [2.75, 3.05) is 6.61 Å². The van der Waals surface area contributed by atoms with Crippen LogP contribution < -0.4 is 0 Å². The van der Waals surface area contributed by atoms with Gasteiger partial charge in [0.15, 0.2) is 0 Å². The standard InChI is InChI=1S/C16H22O3/c17-14(12-5-2-1-3-6-12)15(18)13-7-10-19-16(11-13)8-4-9-16/h1-3,5-6,13-15,17-18H,4,7-11H2. The third-order valence-electron chi connectivity index (χ3n) is 4.74.